The van der Waals surface area contributed by atoms with Crippen LogP contribution in [0.25, 0.3) is 0 Å². The van der Waals surface area contributed by atoms with Crippen molar-refractivity contribution < 1.29 is 19.5 Å². The Kier molecular flexibility index (Phi) is 2.73. The Morgan fingerprint density at radius 3 is 2.43 bits per heavy atom. The Hall–Kier alpha value is -1.59. The van der Waals surface area contributed by atoms with Crippen molar-refractivity contribution in [1.82, 2.24) is 10.2 Å². The molecule has 6 nitrogen and oxygen atoms in total. The fraction of sp³-hybridized carbons (Fsp3) is 0.625. The first-order valence-electron chi connectivity index (χ1n) is 4.28. The summed E-state index contributed by atoms with van der Waals surface area (Å²) in [5.74, 6) is -2.16. The predicted molar refractivity (Wildman–Crippen MR) is 46.5 cm³/mol. The number of urea groups is 1. The van der Waals surface area contributed by atoms with Crippen molar-refractivity contribution in [2.24, 2.45) is 5.92 Å². The maximum atomic E-state index is 11.2. The average molecular weight is 200 g/mol. The van der Waals surface area contributed by atoms with E-state index in [2.05, 4.69) is 5.32 Å². The van der Waals surface area contributed by atoms with Gasteiger partial charge in [0.1, 0.15) is 0 Å². The summed E-state index contributed by atoms with van der Waals surface area (Å²) in [7, 11) is 0. The lowest BCUT2D eigenvalue weighted by Crippen LogP contribution is -2.44. The zero-order valence-corrected chi connectivity index (χ0v) is 7.98. The minimum atomic E-state index is -1.02. The number of imide groups is 1. The number of hydrogen-bond donors (Lipinski definition) is 2. The van der Waals surface area contributed by atoms with E-state index in [1.54, 1.807) is 6.92 Å². The predicted octanol–water partition coefficient (Wildman–Crippen LogP) is -0.353. The lowest BCUT2D eigenvalue weighted by molar-refractivity contribution is -0.143. The van der Waals surface area contributed by atoms with Crippen LogP contribution in [0.4, 0.5) is 4.79 Å². The normalized spacial score (nSPS) is 20.6. The lowest BCUT2D eigenvalue weighted by Gasteiger charge is -2.24. The Morgan fingerprint density at radius 2 is 2.07 bits per heavy atom. The molecule has 3 amide bonds. The minimum Gasteiger partial charge on any atom is -0.481 e. The van der Waals surface area contributed by atoms with Gasteiger partial charge in [0.05, 0.1) is 18.5 Å². The van der Waals surface area contributed by atoms with Gasteiger partial charge in [-0.1, -0.05) is 0 Å². The first kappa shape index (κ1) is 10.5. The molecule has 0 aromatic carbocycles. The van der Waals surface area contributed by atoms with E-state index in [9.17, 15) is 14.4 Å². The molecule has 1 saturated heterocycles. The summed E-state index contributed by atoms with van der Waals surface area (Å²) >= 11 is 0. The highest BCUT2D eigenvalue weighted by atomic mass is 16.4. The van der Waals surface area contributed by atoms with Crippen LogP contribution in [0.5, 0.6) is 0 Å². The third kappa shape index (κ3) is 1.68. The van der Waals surface area contributed by atoms with Crippen LogP contribution in [0, 0.1) is 5.92 Å². The van der Waals surface area contributed by atoms with Crippen molar-refractivity contribution in [2.75, 3.05) is 6.54 Å². The summed E-state index contributed by atoms with van der Waals surface area (Å²) in [6, 6.07) is -1.14. The van der Waals surface area contributed by atoms with Gasteiger partial charge in [-0.2, -0.15) is 0 Å². The molecule has 1 heterocycles. The van der Waals surface area contributed by atoms with E-state index in [1.807, 2.05) is 0 Å². The molecule has 0 saturated carbocycles. The SMILES string of the molecule is CC(C(=O)O)C(C)N1C(=O)CNC1=O. The average Bonchev–Trinajstić information content (AvgIpc) is 2.44. The first-order chi connectivity index (χ1) is 6.45. The molecule has 78 valence electrons. The monoisotopic (exact) mass is 200 g/mol. The van der Waals surface area contributed by atoms with Crippen molar-refractivity contribution >= 4 is 17.9 Å². The van der Waals surface area contributed by atoms with E-state index in [-0.39, 0.29) is 12.5 Å². The topological polar surface area (TPSA) is 86.7 Å². The number of carboxylic acid groups (broad SMARTS) is 1. The van der Waals surface area contributed by atoms with E-state index in [4.69, 9.17) is 5.11 Å². The zero-order chi connectivity index (χ0) is 10.9. The number of carbonyl (C=O) groups excluding carboxylic acids is 2. The van der Waals surface area contributed by atoms with E-state index in [0.29, 0.717) is 0 Å². The molecule has 2 atom stereocenters. The Bertz CT molecular complexity index is 273. The Morgan fingerprint density at radius 1 is 1.50 bits per heavy atom. The van der Waals surface area contributed by atoms with Crippen LogP contribution >= 0.6 is 0 Å². The molecule has 2 N–H and O–H groups in total. The fourth-order valence-corrected chi connectivity index (χ4v) is 1.28. The van der Waals surface area contributed by atoms with Crippen LogP contribution in [0.2, 0.25) is 0 Å². The van der Waals surface area contributed by atoms with E-state index in [1.165, 1.54) is 6.92 Å². The number of carboxylic acids is 1. The number of nitrogens with zero attached hydrogens (tertiary/aromatic N) is 1. The van der Waals surface area contributed by atoms with Crippen molar-refractivity contribution in [3.05, 3.63) is 0 Å². The van der Waals surface area contributed by atoms with Crippen LogP contribution in [0.3, 0.4) is 0 Å². The van der Waals surface area contributed by atoms with Gasteiger partial charge in [-0.15, -0.1) is 0 Å². The highest BCUT2D eigenvalue weighted by molar-refractivity contribution is 6.02. The van der Waals surface area contributed by atoms with Crippen LogP contribution in [0.15, 0.2) is 0 Å². The number of rotatable bonds is 3. The van der Waals surface area contributed by atoms with Gasteiger partial charge >= 0.3 is 12.0 Å². The highest BCUT2D eigenvalue weighted by Crippen LogP contribution is 2.14. The molecule has 0 aliphatic carbocycles. The maximum absolute atomic E-state index is 11.2. The van der Waals surface area contributed by atoms with Gasteiger partial charge in [0.25, 0.3) is 0 Å². The standard InChI is InChI=1S/C8H12N2O4/c1-4(7(12)13)5(2)10-6(11)3-9-8(10)14/h4-5H,3H2,1-2H3,(H,9,14)(H,12,13). The van der Waals surface area contributed by atoms with Crippen molar-refractivity contribution in [3.8, 4) is 0 Å². The quantitative estimate of drug-likeness (QED) is 0.609. The second-order valence-corrected chi connectivity index (χ2v) is 3.29. The van der Waals surface area contributed by atoms with Crippen LogP contribution in [-0.2, 0) is 9.59 Å². The Labute approximate surface area is 80.9 Å². The number of aliphatic carboxylic acids is 1. The van der Waals surface area contributed by atoms with Crippen molar-refractivity contribution in [3.63, 3.8) is 0 Å². The van der Waals surface area contributed by atoms with Gasteiger partial charge in [0.15, 0.2) is 0 Å². The number of amides is 3. The van der Waals surface area contributed by atoms with Gasteiger partial charge in [0.2, 0.25) is 5.91 Å². The molecule has 1 aliphatic heterocycles. The largest absolute Gasteiger partial charge is 0.481 e. The second kappa shape index (κ2) is 3.65. The highest BCUT2D eigenvalue weighted by Gasteiger charge is 2.37. The fourth-order valence-electron chi connectivity index (χ4n) is 1.28. The summed E-state index contributed by atoms with van der Waals surface area (Å²) in [6.07, 6.45) is 0. The van der Waals surface area contributed by atoms with Crippen molar-refractivity contribution in [2.45, 2.75) is 19.9 Å². The lowest BCUT2D eigenvalue weighted by atomic mass is 10.0. The third-order valence-electron chi connectivity index (χ3n) is 2.40. The van der Waals surface area contributed by atoms with E-state index in [0.717, 1.165) is 4.90 Å². The molecular weight excluding hydrogens is 188 g/mol. The minimum absolute atomic E-state index is 0.0461. The molecule has 0 spiro atoms. The number of carbonyl (C=O) groups is 3. The molecule has 2 unspecified atom stereocenters. The van der Waals surface area contributed by atoms with Crippen LogP contribution in [-0.4, -0.2) is 40.5 Å². The Balaban J connectivity index is 2.77. The van der Waals surface area contributed by atoms with Crippen LogP contribution in [0.1, 0.15) is 13.8 Å². The maximum Gasteiger partial charge on any atom is 0.324 e. The van der Waals surface area contributed by atoms with Gasteiger partial charge < -0.3 is 10.4 Å². The second-order valence-electron chi connectivity index (χ2n) is 3.29. The molecule has 0 aromatic rings. The molecule has 1 aliphatic rings. The number of nitrogens with one attached hydrogen (secondary N) is 1. The van der Waals surface area contributed by atoms with Crippen LogP contribution < -0.4 is 5.32 Å². The molecule has 0 aromatic heterocycles. The van der Waals surface area contributed by atoms with Gasteiger partial charge in [-0.25, -0.2) is 4.79 Å². The summed E-state index contributed by atoms with van der Waals surface area (Å²) in [5.41, 5.74) is 0. The molecular formula is C8H12N2O4. The molecule has 14 heavy (non-hydrogen) atoms. The van der Waals surface area contributed by atoms with E-state index >= 15 is 0 Å². The van der Waals surface area contributed by atoms with Gasteiger partial charge in [0, 0.05) is 0 Å². The smallest absolute Gasteiger partial charge is 0.324 e. The summed E-state index contributed by atoms with van der Waals surface area (Å²) < 4.78 is 0. The van der Waals surface area contributed by atoms with Gasteiger partial charge in [-0.05, 0) is 13.8 Å². The summed E-state index contributed by atoms with van der Waals surface area (Å²) in [5, 5.41) is 11.1. The molecule has 6 heteroatoms. The molecule has 1 fully saturated rings. The molecule has 1 rings (SSSR count). The first-order valence-corrected chi connectivity index (χ1v) is 4.28. The number of hydrogen-bond acceptors (Lipinski definition) is 3. The summed E-state index contributed by atoms with van der Waals surface area (Å²) in [4.78, 5) is 34.0. The molecule has 0 radical (unpaired) electrons. The van der Waals surface area contributed by atoms with Crippen molar-refractivity contribution in [1.29, 1.82) is 0 Å². The van der Waals surface area contributed by atoms with Gasteiger partial charge in [-0.3, -0.25) is 14.5 Å². The zero-order valence-electron chi connectivity index (χ0n) is 7.98. The molecule has 0 bridgehead atoms. The third-order valence-corrected chi connectivity index (χ3v) is 2.40. The summed E-state index contributed by atoms with van der Waals surface area (Å²) in [6.45, 7) is 2.96. The van der Waals surface area contributed by atoms with E-state index < -0.39 is 24.0 Å².